The smallest absolute Gasteiger partial charge is 0.311 e. The number of nitrogens with zero attached hydrogens (tertiary/aromatic N) is 3. The molecule has 0 bridgehead atoms. The summed E-state index contributed by atoms with van der Waals surface area (Å²) < 4.78 is 6.84. The third-order valence-corrected chi connectivity index (χ3v) is 3.15. The van der Waals surface area contributed by atoms with Crippen molar-refractivity contribution in [1.29, 1.82) is 0 Å². The molecule has 2 heterocycles. The average molecular weight is 263 g/mol. The van der Waals surface area contributed by atoms with E-state index in [9.17, 15) is 9.90 Å². The van der Waals surface area contributed by atoms with Crippen LogP contribution >= 0.6 is 0 Å². The van der Waals surface area contributed by atoms with Crippen molar-refractivity contribution >= 4 is 17.1 Å². The van der Waals surface area contributed by atoms with E-state index in [-0.39, 0.29) is 5.92 Å². The van der Waals surface area contributed by atoms with Crippen molar-refractivity contribution in [2.45, 2.75) is 19.8 Å². The van der Waals surface area contributed by atoms with Crippen LogP contribution in [-0.4, -0.2) is 32.7 Å². The number of carboxylic acids is 1. The van der Waals surface area contributed by atoms with Gasteiger partial charge in [-0.2, -0.15) is 0 Å². The van der Waals surface area contributed by atoms with E-state index < -0.39 is 11.9 Å². The van der Waals surface area contributed by atoms with E-state index in [4.69, 9.17) is 4.74 Å². The number of carboxylic acid groups (broad SMARTS) is 1. The highest BCUT2D eigenvalue weighted by Crippen LogP contribution is 2.31. The van der Waals surface area contributed by atoms with Crippen LogP contribution in [0.3, 0.4) is 0 Å². The maximum Gasteiger partial charge on any atom is 0.311 e. The van der Waals surface area contributed by atoms with E-state index in [0.717, 1.165) is 0 Å². The van der Waals surface area contributed by atoms with E-state index in [2.05, 4.69) is 9.97 Å². The topological polar surface area (TPSA) is 77.2 Å². The lowest BCUT2D eigenvalue weighted by Crippen LogP contribution is -2.17. The average Bonchev–Trinajstić information content (AvgIpc) is 2.65. The summed E-state index contributed by atoms with van der Waals surface area (Å²) in [6.07, 6.45) is 3.31. The van der Waals surface area contributed by atoms with Gasteiger partial charge in [-0.1, -0.05) is 13.8 Å². The van der Waals surface area contributed by atoms with Crippen molar-refractivity contribution in [3.8, 4) is 5.88 Å². The van der Waals surface area contributed by atoms with Gasteiger partial charge in [0.1, 0.15) is 5.52 Å². The molecule has 0 radical (unpaired) electrons. The zero-order valence-corrected chi connectivity index (χ0v) is 11.4. The Balaban J connectivity index is 2.68. The number of ether oxygens (including phenoxy) is 1. The maximum atomic E-state index is 11.5. The quantitative estimate of drug-likeness (QED) is 0.910. The molecule has 19 heavy (non-hydrogen) atoms. The Bertz CT molecular complexity index is 619. The second-order valence-electron chi connectivity index (χ2n) is 4.84. The number of carbonyl (C=O) groups is 1. The Morgan fingerprint density at radius 1 is 1.47 bits per heavy atom. The SMILES string of the molecule is COc1cnc2c(n1)c(C(C(=O)O)C(C)C)cn2C. The summed E-state index contributed by atoms with van der Waals surface area (Å²) in [5, 5.41) is 9.40. The molecule has 0 aliphatic carbocycles. The largest absolute Gasteiger partial charge is 0.481 e. The first kappa shape index (κ1) is 13.3. The predicted molar refractivity (Wildman–Crippen MR) is 70.3 cm³/mol. The maximum absolute atomic E-state index is 11.5. The van der Waals surface area contributed by atoms with Gasteiger partial charge in [-0.25, -0.2) is 9.97 Å². The van der Waals surface area contributed by atoms with Crippen molar-refractivity contribution in [3.63, 3.8) is 0 Å². The first-order valence-electron chi connectivity index (χ1n) is 6.04. The van der Waals surface area contributed by atoms with E-state index in [0.29, 0.717) is 22.6 Å². The second-order valence-corrected chi connectivity index (χ2v) is 4.84. The number of aryl methyl sites for hydroxylation is 1. The minimum absolute atomic E-state index is 0.0314. The zero-order chi connectivity index (χ0) is 14.2. The van der Waals surface area contributed by atoms with E-state index in [1.165, 1.54) is 13.3 Å². The van der Waals surface area contributed by atoms with E-state index >= 15 is 0 Å². The molecule has 0 aliphatic rings. The van der Waals surface area contributed by atoms with Crippen molar-refractivity contribution in [1.82, 2.24) is 14.5 Å². The summed E-state index contributed by atoms with van der Waals surface area (Å²) in [6.45, 7) is 3.76. The normalized spacial score (nSPS) is 12.9. The molecule has 0 saturated heterocycles. The Morgan fingerprint density at radius 2 is 2.16 bits per heavy atom. The summed E-state index contributed by atoms with van der Waals surface area (Å²) in [5.74, 6) is -1.11. The van der Waals surface area contributed by atoms with Crippen molar-refractivity contribution in [3.05, 3.63) is 18.0 Å². The molecule has 0 spiro atoms. The highest BCUT2D eigenvalue weighted by Gasteiger charge is 2.28. The molecule has 102 valence electrons. The number of hydrogen-bond donors (Lipinski definition) is 1. The molecular formula is C13H17N3O3. The van der Waals surface area contributed by atoms with Crippen LogP contribution in [0.2, 0.25) is 0 Å². The summed E-state index contributed by atoms with van der Waals surface area (Å²) in [7, 11) is 3.34. The third kappa shape index (κ3) is 2.25. The molecule has 6 nitrogen and oxygen atoms in total. The minimum atomic E-state index is -0.855. The Morgan fingerprint density at radius 3 is 2.68 bits per heavy atom. The van der Waals surface area contributed by atoms with E-state index in [1.54, 1.807) is 10.8 Å². The van der Waals surface area contributed by atoms with Gasteiger partial charge in [0.2, 0.25) is 5.88 Å². The van der Waals surface area contributed by atoms with Gasteiger partial charge in [0.25, 0.3) is 0 Å². The summed E-state index contributed by atoms with van der Waals surface area (Å²) >= 11 is 0. The number of methoxy groups -OCH3 is 1. The lowest BCUT2D eigenvalue weighted by atomic mass is 9.90. The summed E-state index contributed by atoms with van der Waals surface area (Å²) in [5.41, 5.74) is 1.91. The molecule has 2 rings (SSSR count). The summed E-state index contributed by atoms with van der Waals surface area (Å²) in [6, 6.07) is 0. The van der Waals surface area contributed by atoms with Crippen LogP contribution in [0.15, 0.2) is 12.4 Å². The Hall–Kier alpha value is -2.11. The van der Waals surface area contributed by atoms with Gasteiger partial charge in [-0.3, -0.25) is 4.79 Å². The molecule has 2 aromatic heterocycles. The monoisotopic (exact) mass is 263 g/mol. The fourth-order valence-corrected chi connectivity index (χ4v) is 2.25. The third-order valence-electron chi connectivity index (χ3n) is 3.15. The molecule has 6 heteroatoms. The van der Waals surface area contributed by atoms with Crippen LogP contribution in [0.4, 0.5) is 0 Å². The van der Waals surface area contributed by atoms with Crippen LogP contribution in [0, 0.1) is 5.92 Å². The molecule has 0 aliphatic heterocycles. The van der Waals surface area contributed by atoms with E-state index in [1.807, 2.05) is 20.9 Å². The van der Waals surface area contributed by atoms with Crippen LogP contribution in [0.5, 0.6) is 5.88 Å². The zero-order valence-electron chi connectivity index (χ0n) is 11.4. The molecule has 0 saturated carbocycles. The lowest BCUT2D eigenvalue weighted by molar-refractivity contribution is -0.139. The van der Waals surface area contributed by atoms with Gasteiger partial charge >= 0.3 is 5.97 Å². The van der Waals surface area contributed by atoms with Gasteiger partial charge in [-0.15, -0.1) is 0 Å². The predicted octanol–water partition coefficient (Wildman–Crippen LogP) is 1.80. The van der Waals surface area contributed by atoms with Gasteiger partial charge in [0.15, 0.2) is 5.65 Å². The van der Waals surface area contributed by atoms with Crippen LogP contribution in [-0.2, 0) is 11.8 Å². The first-order chi connectivity index (χ1) is 8.95. The van der Waals surface area contributed by atoms with Gasteiger partial charge in [0, 0.05) is 18.8 Å². The molecule has 1 N–H and O–H groups in total. The highest BCUT2D eigenvalue weighted by atomic mass is 16.5. The fraction of sp³-hybridized carbons (Fsp3) is 0.462. The molecule has 2 aromatic rings. The Labute approximate surface area is 111 Å². The number of aromatic nitrogens is 3. The number of rotatable bonds is 4. The van der Waals surface area contributed by atoms with Crippen LogP contribution < -0.4 is 4.74 Å². The Kier molecular flexibility index (Phi) is 3.42. The standard InChI is InChI=1S/C13H17N3O3/c1-7(2)10(13(17)18)8-6-16(3)12-11(8)15-9(19-4)5-14-12/h5-7,10H,1-4H3,(H,17,18). The molecule has 0 aromatic carbocycles. The molecule has 1 atom stereocenters. The lowest BCUT2D eigenvalue weighted by Gasteiger charge is -2.14. The van der Waals surface area contributed by atoms with Crippen molar-refractivity contribution in [2.24, 2.45) is 13.0 Å². The van der Waals surface area contributed by atoms with Crippen LogP contribution in [0.25, 0.3) is 11.2 Å². The first-order valence-corrected chi connectivity index (χ1v) is 6.04. The second kappa shape index (κ2) is 4.87. The van der Waals surface area contributed by atoms with Gasteiger partial charge in [-0.05, 0) is 5.92 Å². The minimum Gasteiger partial charge on any atom is -0.481 e. The molecule has 0 amide bonds. The van der Waals surface area contributed by atoms with Gasteiger partial charge < -0.3 is 14.4 Å². The molecular weight excluding hydrogens is 246 g/mol. The number of hydrogen-bond acceptors (Lipinski definition) is 4. The van der Waals surface area contributed by atoms with Crippen LogP contribution in [0.1, 0.15) is 25.3 Å². The van der Waals surface area contributed by atoms with Gasteiger partial charge in [0.05, 0.1) is 19.2 Å². The molecule has 0 fully saturated rings. The van der Waals surface area contributed by atoms with Crippen molar-refractivity contribution < 1.29 is 14.6 Å². The molecule has 1 unspecified atom stereocenters. The number of fused-ring (bicyclic) bond motifs is 1. The highest BCUT2D eigenvalue weighted by molar-refractivity contribution is 5.85. The fourth-order valence-electron chi connectivity index (χ4n) is 2.25. The number of aliphatic carboxylic acids is 1. The summed E-state index contributed by atoms with van der Waals surface area (Å²) in [4.78, 5) is 20.0. The van der Waals surface area contributed by atoms with Crippen molar-refractivity contribution in [2.75, 3.05) is 7.11 Å².